The van der Waals surface area contributed by atoms with E-state index in [2.05, 4.69) is 4.74 Å². The second kappa shape index (κ2) is 7.53. The minimum atomic E-state index is -4.16. The molecule has 0 saturated carbocycles. The molecule has 0 saturated heterocycles. The highest BCUT2D eigenvalue weighted by molar-refractivity contribution is 7.86. The zero-order chi connectivity index (χ0) is 16.0. The third-order valence-electron chi connectivity index (χ3n) is 2.91. The maximum Gasteiger partial charge on any atom is 0.339 e. The van der Waals surface area contributed by atoms with Gasteiger partial charge in [-0.3, -0.25) is 0 Å². The molecular formula is C14H20O6S. The molecule has 0 aliphatic carbocycles. The first-order valence-electron chi connectivity index (χ1n) is 6.57. The maximum atomic E-state index is 12.1. The molecular weight excluding hydrogens is 296 g/mol. The Kier molecular flexibility index (Phi) is 6.32. The van der Waals surface area contributed by atoms with Crippen molar-refractivity contribution in [1.82, 2.24) is 0 Å². The van der Waals surface area contributed by atoms with Crippen LogP contribution in [0.4, 0.5) is 0 Å². The minimum absolute atomic E-state index is 0.0781. The van der Waals surface area contributed by atoms with Gasteiger partial charge in [0.2, 0.25) is 0 Å². The van der Waals surface area contributed by atoms with E-state index in [0.717, 1.165) is 12.7 Å². The molecule has 1 N–H and O–H groups in total. The van der Waals surface area contributed by atoms with Gasteiger partial charge in [-0.15, -0.1) is 0 Å². The Morgan fingerprint density at radius 1 is 1.29 bits per heavy atom. The Labute approximate surface area is 124 Å². The van der Waals surface area contributed by atoms with Gasteiger partial charge in [-0.2, -0.15) is 8.42 Å². The summed E-state index contributed by atoms with van der Waals surface area (Å²) >= 11 is 0. The Hall–Kier alpha value is -1.44. The summed E-state index contributed by atoms with van der Waals surface area (Å²) in [4.78, 5) is 11.5. The van der Waals surface area contributed by atoms with Gasteiger partial charge in [0.05, 0.1) is 18.1 Å². The molecule has 0 bridgehead atoms. The van der Waals surface area contributed by atoms with E-state index < -0.39 is 28.3 Å². The predicted molar refractivity (Wildman–Crippen MR) is 76.2 cm³/mol. The van der Waals surface area contributed by atoms with Crippen LogP contribution >= 0.6 is 0 Å². The number of hydrogen-bond donors (Lipinski definition) is 1. The van der Waals surface area contributed by atoms with Crippen LogP contribution in [-0.2, 0) is 23.8 Å². The second-order valence-electron chi connectivity index (χ2n) is 4.66. The lowest BCUT2D eigenvalue weighted by molar-refractivity contribution is -0.154. The smallest absolute Gasteiger partial charge is 0.339 e. The SMILES string of the molecule is CCC[C@H](O)[C@@H](OS(=O)(=O)c1ccc(C)cc1)C(=O)OC. The fraction of sp³-hybridized carbons (Fsp3) is 0.500. The van der Waals surface area contributed by atoms with Crippen molar-refractivity contribution in [2.75, 3.05) is 7.11 Å². The van der Waals surface area contributed by atoms with E-state index in [-0.39, 0.29) is 11.3 Å². The van der Waals surface area contributed by atoms with Gasteiger partial charge in [0.1, 0.15) is 0 Å². The molecule has 6 nitrogen and oxygen atoms in total. The molecule has 0 spiro atoms. The molecule has 0 radical (unpaired) electrons. The molecule has 0 aliphatic rings. The van der Waals surface area contributed by atoms with E-state index in [1.165, 1.54) is 12.1 Å². The van der Waals surface area contributed by atoms with Crippen molar-refractivity contribution in [3.8, 4) is 0 Å². The second-order valence-corrected chi connectivity index (χ2v) is 6.24. The standard InChI is InChI=1S/C14H20O6S/c1-4-5-12(15)13(14(16)19-3)20-21(17,18)11-8-6-10(2)7-9-11/h6-9,12-13,15H,4-5H2,1-3H3/t12-,13+/m0/s1. The lowest BCUT2D eigenvalue weighted by atomic mass is 10.1. The molecule has 1 aromatic carbocycles. The summed E-state index contributed by atoms with van der Waals surface area (Å²) in [5, 5.41) is 9.87. The van der Waals surface area contributed by atoms with Crippen LogP contribution < -0.4 is 0 Å². The minimum Gasteiger partial charge on any atom is -0.467 e. The zero-order valence-electron chi connectivity index (χ0n) is 12.3. The summed E-state index contributed by atoms with van der Waals surface area (Å²) in [5.41, 5.74) is 0.893. The van der Waals surface area contributed by atoms with Crippen molar-refractivity contribution >= 4 is 16.1 Å². The summed E-state index contributed by atoms with van der Waals surface area (Å²) in [6.45, 7) is 3.62. The highest BCUT2D eigenvalue weighted by Crippen LogP contribution is 2.18. The molecule has 118 valence electrons. The molecule has 0 unspecified atom stereocenters. The lowest BCUT2D eigenvalue weighted by Crippen LogP contribution is -2.39. The van der Waals surface area contributed by atoms with E-state index in [4.69, 9.17) is 4.18 Å². The molecule has 0 fully saturated rings. The molecule has 21 heavy (non-hydrogen) atoms. The lowest BCUT2D eigenvalue weighted by Gasteiger charge is -2.20. The Morgan fingerprint density at radius 2 is 1.86 bits per heavy atom. The number of aliphatic hydroxyl groups is 1. The summed E-state index contributed by atoms with van der Waals surface area (Å²) < 4.78 is 33.7. The predicted octanol–water partition coefficient (Wildman–Crippen LogP) is 1.40. The van der Waals surface area contributed by atoms with Crippen molar-refractivity contribution < 1.29 is 27.2 Å². The van der Waals surface area contributed by atoms with Gasteiger partial charge >= 0.3 is 5.97 Å². The van der Waals surface area contributed by atoms with Crippen LogP contribution in [0.2, 0.25) is 0 Å². The Bertz CT molecular complexity index is 564. The first kappa shape index (κ1) is 17.6. The van der Waals surface area contributed by atoms with Gasteiger partial charge in [0.25, 0.3) is 10.1 Å². The molecule has 0 aliphatic heterocycles. The third-order valence-corrected chi connectivity index (χ3v) is 4.22. The van der Waals surface area contributed by atoms with Crippen LogP contribution in [0, 0.1) is 6.92 Å². The number of carbonyl (C=O) groups excluding carboxylic acids is 1. The van der Waals surface area contributed by atoms with Gasteiger partial charge in [-0.25, -0.2) is 8.98 Å². The van der Waals surface area contributed by atoms with Gasteiger partial charge in [0.15, 0.2) is 6.10 Å². The fourth-order valence-corrected chi connectivity index (χ4v) is 2.78. The van der Waals surface area contributed by atoms with Crippen molar-refractivity contribution in [3.05, 3.63) is 29.8 Å². The largest absolute Gasteiger partial charge is 0.467 e. The van der Waals surface area contributed by atoms with E-state index in [1.807, 2.05) is 6.92 Å². The third kappa shape index (κ3) is 4.80. The quantitative estimate of drug-likeness (QED) is 0.604. The van der Waals surface area contributed by atoms with Gasteiger partial charge in [0, 0.05) is 0 Å². The Balaban J connectivity index is 3.01. The van der Waals surface area contributed by atoms with Gasteiger partial charge in [-0.05, 0) is 25.5 Å². The average Bonchev–Trinajstić information content (AvgIpc) is 2.44. The number of benzene rings is 1. The van der Waals surface area contributed by atoms with E-state index in [0.29, 0.717) is 6.42 Å². The molecule has 0 amide bonds. The Morgan fingerprint density at radius 3 is 2.33 bits per heavy atom. The molecule has 1 aromatic rings. The number of aliphatic hydroxyl groups excluding tert-OH is 1. The van der Waals surface area contributed by atoms with Crippen molar-refractivity contribution in [1.29, 1.82) is 0 Å². The first-order chi connectivity index (χ1) is 9.81. The van der Waals surface area contributed by atoms with E-state index in [9.17, 15) is 18.3 Å². The highest BCUT2D eigenvalue weighted by atomic mass is 32.2. The fourth-order valence-electron chi connectivity index (χ4n) is 1.72. The number of ether oxygens (including phenoxy) is 1. The average molecular weight is 316 g/mol. The first-order valence-corrected chi connectivity index (χ1v) is 7.98. The number of carbonyl (C=O) groups is 1. The van der Waals surface area contributed by atoms with Crippen LogP contribution in [0.25, 0.3) is 0 Å². The summed E-state index contributed by atoms with van der Waals surface area (Å²) in [5.74, 6) is -0.924. The summed E-state index contributed by atoms with van der Waals surface area (Å²) in [7, 11) is -3.05. The van der Waals surface area contributed by atoms with Crippen molar-refractivity contribution in [3.63, 3.8) is 0 Å². The molecule has 2 atom stereocenters. The number of aryl methyl sites for hydroxylation is 1. The van der Waals surface area contributed by atoms with Gasteiger partial charge < -0.3 is 9.84 Å². The molecule has 0 aromatic heterocycles. The number of rotatable bonds is 7. The maximum absolute atomic E-state index is 12.1. The van der Waals surface area contributed by atoms with Gasteiger partial charge in [-0.1, -0.05) is 31.0 Å². The van der Waals surface area contributed by atoms with Crippen LogP contribution in [0.15, 0.2) is 29.2 Å². The monoisotopic (exact) mass is 316 g/mol. The highest BCUT2D eigenvalue weighted by Gasteiger charge is 2.34. The van der Waals surface area contributed by atoms with Crippen molar-refractivity contribution in [2.45, 2.75) is 43.8 Å². The van der Waals surface area contributed by atoms with E-state index >= 15 is 0 Å². The molecule has 1 rings (SSSR count). The number of hydrogen-bond acceptors (Lipinski definition) is 6. The molecule has 7 heteroatoms. The zero-order valence-corrected chi connectivity index (χ0v) is 13.1. The topological polar surface area (TPSA) is 89.9 Å². The van der Waals surface area contributed by atoms with E-state index in [1.54, 1.807) is 19.1 Å². The number of esters is 1. The van der Waals surface area contributed by atoms with Crippen LogP contribution in [0.1, 0.15) is 25.3 Å². The molecule has 0 heterocycles. The van der Waals surface area contributed by atoms with Crippen LogP contribution in [0.5, 0.6) is 0 Å². The normalized spacial score (nSPS) is 14.5. The van der Waals surface area contributed by atoms with Crippen LogP contribution in [-0.4, -0.2) is 38.8 Å². The van der Waals surface area contributed by atoms with Crippen molar-refractivity contribution in [2.24, 2.45) is 0 Å². The van der Waals surface area contributed by atoms with Crippen LogP contribution in [0.3, 0.4) is 0 Å². The summed E-state index contributed by atoms with van der Waals surface area (Å²) in [6, 6.07) is 5.99. The number of methoxy groups -OCH3 is 1. The summed E-state index contributed by atoms with van der Waals surface area (Å²) in [6.07, 6.45) is -2.02.